The first kappa shape index (κ1) is 12.2. The molecule has 1 aromatic heterocycles. The number of imidazole rings is 1. The van der Waals surface area contributed by atoms with Crippen molar-refractivity contribution < 1.29 is 0 Å². The topological polar surface area (TPSA) is 54.7 Å². The number of aromatic nitrogens is 2. The van der Waals surface area contributed by atoms with Crippen molar-refractivity contribution in [3.8, 4) is 0 Å². The third-order valence-corrected chi connectivity index (χ3v) is 3.50. The van der Waals surface area contributed by atoms with Gasteiger partial charge in [-0.1, -0.05) is 41.9 Å². The van der Waals surface area contributed by atoms with Gasteiger partial charge in [0, 0.05) is 17.5 Å². The lowest BCUT2D eigenvalue weighted by Gasteiger charge is -2.11. The highest BCUT2D eigenvalue weighted by atomic mass is 35.5. The van der Waals surface area contributed by atoms with Gasteiger partial charge in [-0.05, 0) is 23.8 Å². The number of hydrogen-bond donors (Lipinski definition) is 2. The number of nitrogens with zero attached hydrogens (tertiary/aromatic N) is 1. The van der Waals surface area contributed by atoms with E-state index < -0.39 is 0 Å². The van der Waals surface area contributed by atoms with Crippen LogP contribution in [0.15, 0.2) is 48.5 Å². The fraction of sp³-hybridized carbons (Fsp3) is 0.133. The monoisotopic (exact) mass is 271 g/mol. The van der Waals surface area contributed by atoms with Crippen molar-refractivity contribution in [2.75, 3.05) is 0 Å². The Hall–Kier alpha value is -1.84. The molecule has 1 heterocycles. The molecule has 0 saturated heterocycles. The van der Waals surface area contributed by atoms with Crippen LogP contribution in [0.25, 0.3) is 11.0 Å². The molecule has 1 atom stereocenters. The maximum absolute atomic E-state index is 6.21. The summed E-state index contributed by atoms with van der Waals surface area (Å²) < 4.78 is 0. The number of benzene rings is 2. The quantitative estimate of drug-likeness (QED) is 0.766. The van der Waals surface area contributed by atoms with Crippen molar-refractivity contribution in [2.24, 2.45) is 5.73 Å². The van der Waals surface area contributed by atoms with Crippen LogP contribution in [0.2, 0.25) is 5.02 Å². The van der Waals surface area contributed by atoms with Crippen LogP contribution in [-0.2, 0) is 6.42 Å². The second-order valence-electron chi connectivity index (χ2n) is 4.53. The molecule has 2 aromatic carbocycles. The third-order valence-electron chi connectivity index (χ3n) is 3.16. The van der Waals surface area contributed by atoms with Crippen LogP contribution in [0.3, 0.4) is 0 Å². The SMILES string of the molecule is NC(Cc1nc2ccccc2[nH]1)c1ccccc1Cl. The Morgan fingerprint density at radius 2 is 1.84 bits per heavy atom. The molecule has 0 aliphatic rings. The maximum atomic E-state index is 6.21. The molecule has 3 aromatic rings. The Labute approximate surface area is 116 Å². The van der Waals surface area contributed by atoms with Crippen molar-refractivity contribution in [1.82, 2.24) is 9.97 Å². The lowest BCUT2D eigenvalue weighted by molar-refractivity contribution is 0.697. The summed E-state index contributed by atoms with van der Waals surface area (Å²) >= 11 is 6.15. The van der Waals surface area contributed by atoms with Gasteiger partial charge in [-0.15, -0.1) is 0 Å². The molecule has 3 nitrogen and oxygen atoms in total. The van der Waals surface area contributed by atoms with E-state index in [1.54, 1.807) is 0 Å². The van der Waals surface area contributed by atoms with Crippen LogP contribution >= 0.6 is 11.6 Å². The van der Waals surface area contributed by atoms with Gasteiger partial charge in [-0.2, -0.15) is 0 Å². The highest BCUT2D eigenvalue weighted by Crippen LogP contribution is 2.23. The average molecular weight is 272 g/mol. The van der Waals surface area contributed by atoms with Gasteiger partial charge in [-0.25, -0.2) is 4.98 Å². The fourth-order valence-corrected chi connectivity index (χ4v) is 2.47. The minimum Gasteiger partial charge on any atom is -0.342 e. The summed E-state index contributed by atoms with van der Waals surface area (Å²) in [6.45, 7) is 0. The largest absolute Gasteiger partial charge is 0.342 e. The molecule has 0 saturated carbocycles. The van der Waals surface area contributed by atoms with E-state index in [0.29, 0.717) is 11.4 Å². The first-order valence-corrected chi connectivity index (χ1v) is 6.55. The number of aromatic amines is 1. The van der Waals surface area contributed by atoms with Gasteiger partial charge in [-0.3, -0.25) is 0 Å². The maximum Gasteiger partial charge on any atom is 0.109 e. The Kier molecular flexibility index (Phi) is 3.23. The van der Waals surface area contributed by atoms with Crippen molar-refractivity contribution >= 4 is 22.6 Å². The van der Waals surface area contributed by atoms with Gasteiger partial charge in [0.05, 0.1) is 11.0 Å². The van der Waals surface area contributed by atoms with E-state index in [1.165, 1.54) is 0 Å². The summed E-state index contributed by atoms with van der Waals surface area (Å²) in [6, 6.07) is 15.4. The summed E-state index contributed by atoms with van der Waals surface area (Å²) in [4.78, 5) is 7.81. The van der Waals surface area contributed by atoms with E-state index in [4.69, 9.17) is 17.3 Å². The van der Waals surface area contributed by atoms with E-state index in [0.717, 1.165) is 22.4 Å². The van der Waals surface area contributed by atoms with Crippen molar-refractivity contribution in [3.05, 3.63) is 64.9 Å². The van der Waals surface area contributed by atoms with Crippen LogP contribution in [0, 0.1) is 0 Å². The fourth-order valence-electron chi connectivity index (χ4n) is 2.20. The Morgan fingerprint density at radius 1 is 1.11 bits per heavy atom. The van der Waals surface area contributed by atoms with Gasteiger partial charge in [0.1, 0.15) is 5.82 Å². The predicted molar refractivity (Wildman–Crippen MR) is 78.2 cm³/mol. The van der Waals surface area contributed by atoms with Crippen LogP contribution in [0.1, 0.15) is 17.4 Å². The van der Waals surface area contributed by atoms with Gasteiger partial charge < -0.3 is 10.7 Å². The van der Waals surface area contributed by atoms with Crippen molar-refractivity contribution in [2.45, 2.75) is 12.5 Å². The van der Waals surface area contributed by atoms with Gasteiger partial charge in [0.25, 0.3) is 0 Å². The summed E-state index contributed by atoms with van der Waals surface area (Å²) in [5.41, 5.74) is 9.15. The van der Waals surface area contributed by atoms with Crippen LogP contribution < -0.4 is 5.73 Å². The zero-order valence-electron chi connectivity index (χ0n) is 10.3. The molecule has 3 N–H and O–H groups in total. The second-order valence-corrected chi connectivity index (χ2v) is 4.94. The normalized spacial score (nSPS) is 12.7. The van der Waals surface area contributed by atoms with Crippen LogP contribution in [0.4, 0.5) is 0 Å². The van der Waals surface area contributed by atoms with E-state index in [9.17, 15) is 0 Å². The molecule has 0 amide bonds. The van der Waals surface area contributed by atoms with E-state index in [-0.39, 0.29) is 6.04 Å². The molecule has 3 rings (SSSR count). The first-order valence-electron chi connectivity index (χ1n) is 6.17. The summed E-state index contributed by atoms with van der Waals surface area (Å²) in [5, 5.41) is 0.700. The minimum absolute atomic E-state index is 0.158. The number of nitrogens with one attached hydrogen (secondary N) is 1. The van der Waals surface area contributed by atoms with Crippen LogP contribution in [-0.4, -0.2) is 9.97 Å². The molecule has 4 heteroatoms. The molecule has 19 heavy (non-hydrogen) atoms. The van der Waals surface area contributed by atoms with Gasteiger partial charge in [0.2, 0.25) is 0 Å². The van der Waals surface area contributed by atoms with Gasteiger partial charge in [0.15, 0.2) is 0 Å². The third kappa shape index (κ3) is 2.48. The molecule has 0 bridgehead atoms. The predicted octanol–water partition coefficient (Wildman–Crippen LogP) is 3.46. The standard InChI is InChI=1S/C15H14ClN3/c16-11-6-2-1-5-10(11)12(17)9-15-18-13-7-3-4-8-14(13)19-15/h1-8,12H,9,17H2,(H,18,19). The van der Waals surface area contributed by atoms with E-state index in [2.05, 4.69) is 9.97 Å². The Morgan fingerprint density at radius 3 is 2.63 bits per heavy atom. The molecule has 0 aliphatic heterocycles. The highest BCUT2D eigenvalue weighted by Gasteiger charge is 2.12. The van der Waals surface area contributed by atoms with E-state index >= 15 is 0 Å². The molecule has 0 radical (unpaired) electrons. The van der Waals surface area contributed by atoms with Crippen molar-refractivity contribution in [3.63, 3.8) is 0 Å². The number of H-pyrrole nitrogens is 1. The zero-order valence-corrected chi connectivity index (χ0v) is 11.1. The Bertz CT molecular complexity index is 672. The molecule has 0 spiro atoms. The first-order chi connectivity index (χ1) is 9.24. The number of hydrogen-bond acceptors (Lipinski definition) is 2. The lowest BCUT2D eigenvalue weighted by Crippen LogP contribution is -2.14. The number of para-hydroxylation sites is 2. The van der Waals surface area contributed by atoms with Crippen LogP contribution in [0.5, 0.6) is 0 Å². The molecule has 0 aliphatic carbocycles. The molecule has 0 fully saturated rings. The van der Waals surface area contributed by atoms with Crippen molar-refractivity contribution in [1.29, 1.82) is 0 Å². The number of rotatable bonds is 3. The second kappa shape index (κ2) is 5.03. The lowest BCUT2D eigenvalue weighted by atomic mass is 10.0. The number of halogens is 1. The molecule has 96 valence electrons. The average Bonchev–Trinajstić information content (AvgIpc) is 2.81. The molecular formula is C15H14ClN3. The smallest absolute Gasteiger partial charge is 0.109 e. The molecule has 1 unspecified atom stereocenters. The number of fused-ring (bicyclic) bond motifs is 1. The minimum atomic E-state index is -0.158. The summed E-state index contributed by atoms with van der Waals surface area (Å²) in [6.07, 6.45) is 0.637. The van der Waals surface area contributed by atoms with Gasteiger partial charge >= 0.3 is 0 Å². The zero-order chi connectivity index (χ0) is 13.2. The number of nitrogens with two attached hydrogens (primary N) is 1. The highest BCUT2D eigenvalue weighted by molar-refractivity contribution is 6.31. The Balaban J connectivity index is 1.86. The summed E-state index contributed by atoms with van der Waals surface area (Å²) in [5.74, 6) is 0.883. The summed E-state index contributed by atoms with van der Waals surface area (Å²) in [7, 11) is 0. The molecular weight excluding hydrogens is 258 g/mol. The van der Waals surface area contributed by atoms with E-state index in [1.807, 2.05) is 48.5 Å².